The third-order valence-electron chi connectivity index (χ3n) is 2.47. The topological polar surface area (TPSA) is 89.3 Å². The molecule has 1 aromatic carbocycles. The first-order valence-electron chi connectivity index (χ1n) is 6.11. The van der Waals surface area contributed by atoms with Crippen LogP contribution in [0.2, 0.25) is 0 Å². The van der Waals surface area contributed by atoms with E-state index in [1.165, 1.54) is 11.3 Å². The van der Waals surface area contributed by atoms with Gasteiger partial charge in [0.2, 0.25) is 0 Å². The molecule has 0 aliphatic rings. The van der Waals surface area contributed by atoms with Gasteiger partial charge in [0.1, 0.15) is 23.1 Å². The Morgan fingerprint density at radius 1 is 1.40 bits per heavy atom. The summed E-state index contributed by atoms with van der Waals surface area (Å²) in [6, 6.07) is 9.43. The lowest BCUT2D eigenvalue weighted by molar-refractivity contribution is 0.0951. The summed E-state index contributed by atoms with van der Waals surface area (Å²) in [6.45, 7) is 0.799. The molecule has 1 aromatic heterocycles. The van der Waals surface area contributed by atoms with Crippen molar-refractivity contribution in [1.29, 1.82) is 0 Å². The number of anilines is 2. The van der Waals surface area contributed by atoms with Crippen molar-refractivity contribution < 1.29 is 9.53 Å². The zero-order chi connectivity index (χ0) is 14.4. The van der Waals surface area contributed by atoms with Crippen LogP contribution in [-0.4, -0.2) is 31.1 Å². The predicted molar refractivity (Wildman–Crippen MR) is 80.3 cm³/mol. The van der Waals surface area contributed by atoms with Crippen LogP contribution in [-0.2, 0) is 0 Å². The molecule has 0 atom stereocenters. The summed E-state index contributed by atoms with van der Waals surface area (Å²) in [7, 11) is 1.73. The van der Waals surface area contributed by atoms with Crippen LogP contribution in [0.25, 0.3) is 0 Å². The second-order valence-electron chi connectivity index (χ2n) is 3.90. The van der Waals surface area contributed by atoms with Crippen molar-refractivity contribution in [3.63, 3.8) is 0 Å². The van der Waals surface area contributed by atoms with Gasteiger partial charge in [0, 0.05) is 7.05 Å². The fourth-order valence-corrected chi connectivity index (χ4v) is 2.29. The van der Waals surface area contributed by atoms with Crippen LogP contribution < -0.4 is 21.1 Å². The van der Waals surface area contributed by atoms with E-state index in [1.54, 1.807) is 7.05 Å². The largest absolute Gasteiger partial charge is 0.492 e. The van der Waals surface area contributed by atoms with Crippen molar-refractivity contribution in [1.82, 2.24) is 10.3 Å². The van der Waals surface area contributed by atoms with Gasteiger partial charge in [0.15, 0.2) is 5.13 Å². The number of para-hydroxylation sites is 1. The Morgan fingerprint density at radius 3 is 2.80 bits per heavy atom. The van der Waals surface area contributed by atoms with Crippen molar-refractivity contribution >= 4 is 28.2 Å². The van der Waals surface area contributed by atoms with Crippen LogP contribution in [0.4, 0.5) is 10.9 Å². The predicted octanol–water partition coefficient (Wildman–Crippen LogP) is 1.58. The summed E-state index contributed by atoms with van der Waals surface area (Å²) in [4.78, 5) is 16.3. The molecule has 106 valence electrons. The van der Waals surface area contributed by atoms with Gasteiger partial charge >= 0.3 is 0 Å². The third kappa shape index (κ3) is 3.61. The number of nitrogens with one attached hydrogen (secondary N) is 2. The number of nitrogens with zero attached hydrogens (tertiary/aromatic N) is 1. The second-order valence-corrected chi connectivity index (χ2v) is 4.90. The Balaban J connectivity index is 1.79. The van der Waals surface area contributed by atoms with Crippen LogP contribution in [0.1, 0.15) is 9.67 Å². The van der Waals surface area contributed by atoms with E-state index < -0.39 is 0 Å². The van der Waals surface area contributed by atoms with Gasteiger partial charge in [0.25, 0.3) is 5.91 Å². The quantitative estimate of drug-likeness (QED) is 0.703. The molecule has 0 aliphatic heterocycles. The number of carbonyl (C=O) groups excluding carboxylic acids is 1. The average Bonchev–Trinajstić information content (AvgIpc) is 2.86. The molecule has 0 fully saturated rings. The maximum Gasteiger partial charge on any atom is 0.265 e. The van der Waals surface area contributed by atoms with Crippen molar-refractivity contribution in [3.05, 3.63) is 35.2 Å². The average molecular weight is 292 g/mol. The summed E-state index contributed by atoms with van der Waals surface area (Å²) >= 11 is 1.22. The molecule has 0 bridgehead atoms. The van der Waals surface area contributed by atoms with Crippen LogP contribution in [0.5, 0.6) is 5.75 Å². The molecule has 1 heterocycles. The number of nitrogens with two attached hydrogens (primary N) is 1. The summed E-state index contributed by atoms with van der Waals surface area (Å²) in [5.74, 6) is 0.774. The van der Waals surface area contributed by atoms with Crippen molar-refractivity contribution in [2.24, 2.45) is 0 Å². The first-order valence-corrected chi connectivity index (χ1v) is 6.92. The van der Waals surface area contributed by atoms with E-state index in [2.05, 4.69) is 15.6 Å². The minimum atomic E-state index is -0.238. The number of benzene rings is 1. The first-order chi connectivity index (χ1) is 9.70. The number of hydrogen-bond donors (Lipinski definition) is 3. The van der Waals surface area contributed by atoms with Crippen LogP contribution in [0.3, 0.4) is 0 Å². The standard InChI is InChI=1S/C13H16N4O2S/c1-15-13-17-11(14)10(20-13)12(18)16-7-8-19-9-5-3-2-4-6-9/h2-6H,7-8,14H2,1H3,(H,15,17)(H,16,18). The molecule has 0 spiro atoms. The number of hydrogen-bond acceptors (Lipinski definition) is 6. The van der Waals surface area contributed by atoms with Gasteiger partial charge in [-0.05, 0) is 12.1 Å². The highest BCUT2D eigenvalue weighted by atomic mass is 32.1. The van der Waals surface area contributed by atoms with Gasteiger partial charge in [-0.3, -0.25) is 4.79 Å². The summed E-state index contributed by atoms with van der Waals surface area (Å²) in [5, 5.41) is 6.22. The van der Waals surface area contributed by atoms with E-state index in [-0.39, 0.29) is 11.7 Å². The van der Waals surface area contributed by atoms with Crippen LogP contribution in [0, 0.1) is 0 Å². The Kier molecular flexibility index (Phi) is 4.78. The van der Waals surface area contributed by atoms with Crippen LogP contribution in [0.15, 0.2) is 30.3 Å². The molecular formula is C13H16N4O2S. The lowest BCUT2D eigenvalue weighted by atomic mass is 10.3. The molecule has 7 heteroatoms. The number of thiazole rings is 1. The highest BCUT2D eigenvalue weighted by Crippen LogP contribution is 2.24. The first kappa shape index (κ1) is 14.1. The van der Waals surface area contributed by atoms with E-state index in [1.807, 2.05) is 30.3 Å². The van der Waals surface area contributed by atoms with E-state index in [0.29, 0.717) is 23.2 Å². The maximum atomic E-state index is 11.9. The molecule has 2 aromatic rings. The molecule has 0 aliphatic carbocycles. The number of amides is 1. The van der Waals surface area contributed by atoms with Crippen molar-refractivity contribution in [3.8, 4) is 5.75 Å². The monoisotopic (exact) mass is 292 g/mol. The Labute approximate surface area is 121 Å². The number of ether oxygens (including phenoxy) is 1. The van der Waals surface area contributed by atoms with E-state index in [9.17, 15) is 4.79 Å². The highest BCUT2D eigenvalue weighted by molar-refractivity contribution is 7.18. The number of aromatic nitrogens is 1. The van der Waals surface area contributed by atoms with E-state index >= 15 is 0 Å². The third-order valence-corrected chi connectivity index (χ3v) is 3.56. The maximum absolute atomic E-state index is 11.9. The van der Waals surface area contributed by atoms with Crippen molar-refractivity contribution in [2.75, 3.05) is 31.2 Å². The van der Waals surface area contributed by atoms with Gasteiger partial charge < -0.3 is 21.1 Å². The van der Waals surface area contributed by atoms with Gasteiger partial charge in [0.05, 0.1) is 6.54 Å². The van der Waals surface area contributed by atoms with Gasteiger partial charge in [-0.25, -0.2) is 4.98 Å². The normalized spacial score (nSPS) is 10.1. The smallest absolute Gasteiger partial charge is 0.265 e. The molecule has 0 radical (unpaired) electrons. The van der Waals surface area contributed by atoms with Crippen LogP contribution >= 0.6 is 11.3 Å². The molecule has 6 nitrogen and oxygen atoms in total. The summed E-state index contributed by atoms with van der Waals surface area (Å²) < 4.78 is 5.48. The molecule has 2 rings (SSSR count). The Bertz CT molecular complexity index is 571. The molecule has 4 N–H and O–H groups in total. The van der Waals surface area contributed by atoms with E-state index in [0.717, 1.165) is 5.75 Å². The molecule has 20 heavy (non-hydrogen) atoms. The molecule has 0 unspecified atom stereocenters. The minimum Gasteiger partial charge on any atom is -0.492 e. The summed E-state index contributed by atoms with van der Waals surface area (Å²) in [5.41, 5.74) is 5.68. The van der Waals surface area contributed by atoms with Gasteiger partial charge in [-0.15, -0.1) is 0 Å². The van der Waals surface area contributed by atoms with Crippen molar-refractivity contribution in [2.45, 2.75) is 0 Å². The zero-order valence-electron chi connectivity index (χ0n) is 11.1. The molecular weight excluding hydrogens is 276 g/mol. The van der Waals surface area contributed by atoms with Gasteiger partial charge in [-0.1, -0.05) is 29.5 Å². The Hall–Kier alpha value is -2.28. The van der Waals surface area contributed by atoms with Gasteiger partial charge in [-0.2, -0.15) is 0 Å². The lowest BCUT2D eigenvalue weighted by Gasteiger charge is -2.06. The highest BCUT2D eigenvalue weighted by Gasteiger charge is 2.15. The fraction of sp³-hybridized carbons (Fsp3) is 0.231. The lowest BCUT2D eigenvalue weighted by Crippen LogP contribution is -2.28. The molecule has 0 saturated heterocycles. The summed E-state index contributed by atoms with van der Waals surface area (Å²) in [6.07, 6.45) is 0. The number of rotatable bonds is 6. The fourth-order valence-electron chi connectivity index (χ4n) is 1.53. The Morgan fingerprint density at radius 2 is 2.15 bits per heavy atom. The molecule has 0 saturated carbocycles. The minimum absolute atomic E-state index is 0.237. The molecule has 1 amide bonds. The zero-order valence-corrected chi connectivity index (χ0v) is 11.9. The second kappa shape index (κ2) is 6.76. The van der Waals surface area contributed by atoms with E-state index in [4.69, 9.17) is 10.5 Å². The number of carbonyl (C=O) groups is 1. The number of nitrogen functional groups attached to an aromatic ring is 1. The SMILES string of the molecule is CNc1nc(N)c(C(=O)NCCOc2ccccc2)s1.